The average Bonchev–Trinajstić information content (AvgIpc) is 1.72. The van der Waals surface area contributed by atoms with Crippen LogP contribution in [0.15, 0.2) is 0 Å². The Kier molecular flexibility index (Phi) is 9.97. The van der Waals surface area contributed by atoms with E-state index >= 15 is 0 Å². The lowest BCUT2D eigenvalue weighted by molar-refractivity contribution is 0.118. The zero-order valence-corrected chi connectivity index (χ0v) is 6.24. The highest BCUT2D eigenvalue weighted by Crippen LogP contribution is 1.79. The van der Waals surface area contributed by atoms with Crippen LogP contribution in [-0.4, -0.2) is 29.8 Å². The second-order valence-electron chi connectivity index (χ2n) is 1.44. The van der Waals surface area contributed by atoms with Crippen LogP contribution in [0.2, 0.25) is 0 Å². The number of hydrogen-bond acceptors (Lipinski definition) is 2. The molecule has 0 atom stereocenters. The second-order valence-corrected chi connectivity index (χ2v) is 1.44. The van der Waals surface area contributed by atoms with Crippen LogP contribution in [0.1, 0.15) is 13.8 Å². The summed E-state index contributed by atoms with van der Waals surface area (Å²) in [6.07, 6.45) is 0. The lowest BCUT2D eigenvalue weighted by Crippen LogP contribution is -2.23. The van der Waals surface area contributed by atoms with Crippen LogP contribution < -0.4 is 0 Å². The quantitative estimate of drug-likeness (QED) is 0.582. The molecule has 0 amide bonds. The summed E-state index contributed by atoms with van der Waals surface area (Å²) in [4.78, 5) is 1.93. The van der Waals surface area contributed by atoms with E-state index in [9.17, 15) is 0 Å². The molecule has 0 aromatic carbocycles. The summed E-state index contributed by atoms with van der Waals surface area (Å²) in [5.74, 6) is 0. The van der Waals surface area contributed by atoms with Crippen LogP contribution in [0.25, 0.3) is 0 Å². The molecule has 0 bridgehead atoms. The molecule has 0 aromatic heterocycles. The lowest BCUT2D eigenvalue weighted by atomic mass is 10.6. The summed E-state index contributed by atoms with van der Waals surface area (Å²) < 4.78 is 0. The summed E-state index contributed by atoms with van der Waals surface area (Å²) >= 11 is 0. The van der Waals surface area contributed by atoms with Crippen LogP contribution in [0.5, 0.6) is 0 Å². The predicted octanol–water partition coefficient (Wildman–Crippen LogP) is 0.700. The van der Waals surface area contributed by atoms with Gasteiger partial charge in [0, 0.05) is 0 Å². The minimum atomic E-state index is 0. The Morgan fingerprint density at radius 3 is 1.62 bits per heavy atom. The zero-order chi connectivity index (χ0) is 5.70. The van der Waals surface area contributed by atoms with E-state index in [-0.39, 0.29) is 19.1 Å². The molecular weight excluding hydrogens is 126 g/mol. The maximum absolute atomic E-state index is 8.45. The van der Waals surface area contributed by atoms with Gasteiger partial charge in [-0.3, -0.25) is 4.90 Å². The summed E-state index contributed by atoms with van der Waals surface area (Å²) in [7, 11) is 0. The molecule has 0 fully saturated rings. The summed E-state index contributed by atoms with van der Waals surface area (Å²) in [6.45, 7) is 6.12. The Bertz CT molecular complexity index is 33.9. The van der Waals surface area contributed by atoms with Gasteiger partial charge in [-0.1, -0.05) is 13.8 Å². The number of aliphatic hydroxyl groups excluding tert-OH is 1. The molecule has 0 aliphatic carbocycles. The molecule has 0 rings (SSSR count). The van der Waals surface area contributed by atoms with Crippen molar-refractivity contribution < 1.29 is 5.11 Å². The van der Waals surface area contributed by atoms with Crippen LogP contribution in [0.3, 0.4) is 0 Å². The Morgan fingerprint density at radius 1 is 1.25 bits per heavy atom. The van der Waals surface area contributed by atoms with Crippen molar-refractivity contribution in [1.29, 1.82) is 0 Å². The fourth-order valence-electron chi connectivity index (χ4n) is 0.424. The number of rotatable bonds is 3. The van der Waals surface area contributed by atoms with Gasteiger partial charge in [0.2, 0.25) is 0 Å². The van der Waals surface area contributed by atoms with Gasteiger partial charge in [-0.2, -0.15) is 0 Å². The van der Waals surface area contributed by atoms with E-state index < -0.39 is 0 Å². The molecule has 0 heterocycles. The minimum Gasteiger partial charge on any atom is -0.381 e. The van der Waals surface area contributed by atoms with Crippen LogP contribution in [-0.2, 0) is 0 Å². The van der Waals surface area contributed by atoms with Crippen LogP contribution in [0.4, 0.5) is 0 Å². The third-order valence-corrected chi connectivity index (χ3v) is 1.09. The highest BCUT2D eigenvalue weighted by Gasteiger charge is 1.90. The van der Waals surface area contributed by atoms with Crippen molar-refractivity contribution in [3.63, 3.8) is 0 Å². The molecule has 0 radical (unpaired) electrons. The molecule has 1 N–H and O–H groups in total. The first-order valence-electron chi connectivity index (χ1n) is 2.68. The third-order valence-electron chi connectivity index (χ3n) is 1.09. The highest BCUT2D eigenvalue weighted by molar-refractivity contribution is 5.85. The second kappa shape index (κ2) is 7.21. The van der Waals surface area contributed by atoms with Gasteiger partial charge in [0.15, 0.2) is 0 Å². The minimum absolute atomic E-state index is 0. The molecule has 3 heteroatoms. The van der Waals surface area contributed by atoms with Gasteiger partial charge in [0.25, 0.3) is 0 Å². The Balaban J connectivity index is 0. The third kappa shape index (κ3) is 4.37. The van der Waals surface area contributed by atoms with E-state index in [4.69, 9.17) is 5.11 Å². The predicted molar refractivity (Wildman–Crippen MR) is 37.3 cm³/mol. The normalized spacial score (nSPS) is 9.00. The summed E-state index contributed by atoms with van der Waals surface area (Å²) in [5.41, 5.74) is 0. The van der Waals surface area contributed by atoms with Crippen molar-refractivity contribution in [2.45, 2.75) is 13.8 Å². The fourth-order valence-corrected chi connectivity index (χ4v) is 0.424. The number of aliphatic hydroxyl groups is 1. The zero-order valence-electron chi connectivity index (χ0n) is 5.42. The van der Waals surface area contributed by atoms with Gasteiger partial charge in [0.05, 0.1) is 6.73 Å². The molecule has 2 nitrogen and oxygen atoms in total. The molecule has 0 saturated carbocycles. The lowest BCUT2D eigenvalue weighted by Gasteiger charge is -2.12. The molecule has 0 saturated heterocycles. The molecule has 0 spiro atoms. The number of nitrogens with zero attached hydrogens (tertiary/aromatic N) is 1. The Labute approximate surface area is 56.9 Å². The largest absolute Gasteiger partial charge is 0.381 e. The van der Waals surface area contributed by atoms with Gasteiger partial charge < -0.3 is 5.11 Å². The van der Waals surface area contributed by atoms with Crippen molar-refractivity contribution in [2.24, 2.45) is 0 Å². The van der Waals surface area contributed by atoms with Gasteiger partial charge in [-0.25, -0.2) is 0 Å². The fraction of sp³-hybridized carbons (Fsp3) is 1.00. The topological polar surface area (TPSA) is 23.5 Å². The first-order valence-corrected chi connectivity index (χ1v) is 2.68. The van der Waals surface area contributed by atoms with Crippen molar-refractivity contribution >= 4 is 12.4 Å². The maximum atomic E-state index is 8.45. The monoisotopic (exact) mass is 139 g/mol. The number of hydrogen-bond donors (Lipinski definition) is 1. The van der Waals surface area contributed by atoms with E-state index in [1.807, 2.05) is 18.7 Å². The average molecular weight is 140 g/mol. The van der Waals surface area contributed by atoms with E-state index in [0.717, 1.165) is 13.1 Å². The molecule has 0 unspecified atom stereocenters. The molecule has 8 heavy (non-hydrogen) atoms. The van der Waals surface area contributed by atoms with E-state index in [1.165, 1.54) is 0 Å². The maximum Gasteiger partial charge on any atom is 0.0956 e. The highest BCUT2D eigenvalue weighted by atomic mass is 35.5. The first kappa shape index (κ1) is 11.1. The molecule has 0 aliphatic rings. The van der Waals surface area contributed by atoms with E-state index in [2.05, 4.69) is 0 Å². The van der Waals surface area contributed by atoms with Crippen molar-refractivity contribution in [3.05, 3.63) is 0 Å². The first-order chi connectivity index (χ1) is 3.35. The Hall–Kier alpha value is 0.210. The van der Waals surface area contributed by atoms with Crippen LogP contribution >= 0.6 is 12.4 Å². The summed E-state index contributed by atoms with van der Waals surface area (Å²) in [5, 5.41) is 8.45. The Morgan fingerprint density at radius 2 is 1.62 bits per heavy atom. The summed E-state index contributed by atoms with van der Waals surface area (Å²) in [6, 6.07) is 0. The van der Waals surface area contributed by atoms with Crippen molar-refractivity contribution in [3.8, 4) is 0 Å². The van der Waals surface area contributed by atoms with Gasteiger partial charge in [0.1, 0.15) is 0 Å². The van der Waals surface area contributed by atoms with Gasteiger partial charge in [-0.15, -0.1) is 12.4 Å². The molecule has 0 aromatic rings. The van der Waals surface area contributed by atoms with Crippen molar-refractivity contribution in [1.82, 2.24) is 4.90 Å². The molecular formula is C5H14ClNO. The van der Waals surface area contributed by atoms with Crippen molar-refractivity contribution in [2.75, 3.05) is 19.8 Å². The number of halogens is 1. The standard InChI is InChI=1S/C5H13NO.ClH/c1-3-6(4-2)5-7;/h7H,3-5H2,1-2H3;1H. The van der Waals surface area contributed by atoms with Gasteiger partial charge in [-0.05, 0) is 13.1 Å². The van der Waals surface area contributed by atoms with E-state index in [1.54, 1.807) is 0 Å². The van der Waals surface area contributed by atoms with E-state index in [0.29, 0.717) is 0 Å². The smallest absolute Gasteiger partial charge is 0.0956 e. The molecule has 52 valence electrons. The molecule has 0 aliphatic heterocycles. The van der Waals surface area contributed by atoms with Gasteiger partial charge >= 0.3 is 0 Å². The SMILES string of the molecule is CCN(CC)CO.Cl. The van der Waals surface area contributed by atoms with Crippen LogP contribution in [0, 0.1) is 0 Å².